The summed E-state index contributed by atoms with van der Waals surface area (Å²) in [6.45, 7) is 6.84. The van der Waals surface area contributed by atoms with Crippen LogP contribution in [0.1, 0.15) is 26.7 Å². The molecular formula is C14H22ClN3O2S. The Kier molecular flexibility index (Phi) is 4.80. The van der Waals surface area contributed by atoms with E-state index in [0.717, 1.165) is 38.7 Å². The lowest BCUT2D eigenvalue weighted by atomic mass is 9.90. The van der Waals surface area contributed by atoms with Gasteiger partial charge in [0.05, 0.1) is 9.92 Å². The van der Waals surface area contributed by atoms with Gasteiger partial charge in [-0.15, -0.1) is 0 Å². The highest BCUT2D eigenvalue weighted by molar-refractivity contribution is 7.90. The Balaban J connectivity index is 2.30. The van der Waals surface area contributed by atoms with E-state index in [1.807, 2.05) is 0 Å². The summed E-state index contributed by atoms with van der Waals surface area (Å²) in [5, 5.41) is 3.97. The minimum absolute atomic E-state index is 0.0682. The van der Waals surface area contributed by atoms with Crippen LogP contribution in [0.5, 0.6) is 0 Å². The minimum Gasteiger partial charge on any atom is -0.352 e. The normalized spacial score (nSPS) is 18.8. The molecule has 0 unspecified atom stereocenters. The fourth-order valence-electron chi connectivity index (χ4n) is 2.71. The predicted octanol–water partition coefficient (Wildman–Crippen LogP) is 2.11. The molecule has 0 amide bonds. The van der Waals surface area contributed by atoms with E-state index in [1.165, 1.54) is 12.3 Å². The highest BCUT2D eigenvalue weighted by Crippen LogP contribution is 2.29. The van der Waals surface area contributed by atoms with Gasteiger partial charge in [-0.25, -0.2) is 13.4 Å². The van der Waals surface area contributed by atoms with E-state index in [4.69, 9.17) is 11.6 Å². The molecular weight excluding hydrogens is 310 g/mol. The molecule has 1 aliphatic heterocycles. The quantitative estimate of drug-likeness (QED) is 0.915. The maximum atomic E-state index is 11.5. The van der Waals surface area contributed by atoms with Crippen LogP contribution in [0.4, 0.5) is 5.82 Å². The molecule has 2 rings (SSSR count). The van der Waals surface area contributed by atoms with E-state index in [2.05, 4.69) is 29.0 Å². The molecule has 1 N–H and O–H groups in total. The van der Waals surface area contributed by atoms with Crippen molar-refractivity contribution >= 4 is 27.3 Å². The van der Waals surface area contributed by atoms with Gasteiger partial charge >= 0.3 is 0 Å². The second-order valence-electron chi connectivity index (χ2n) is 5.58. The third-order valence-corrected chi connectivity index (χ3v) is 5.61. The van der Waals surface area contributed by atoms with Gasteiger partial charge in [-0.1, -0.05) is 25.4 Å². The van der Waals surface area contributed by atoms with Gasteiger partial charge in [0.25, 0.3) is 0 Å². The van der Waals surface area contributed by atoms with E-state index in [0.29, 0.717) is 10.8 Å². The summed E-state index contributed by atoms with van der Waals surface area (Å²) in [5.41, 5.74) is 0.0682. The number of hydrogen-bond acceptors (Lipinski definition) is 5. The van der Waals surface area contributed by atoms with E-state index in [-0.39, 0.29) is 10.4 Å². The fraction of sp³-hybridized carbons (Fsp3) is 0.643. The lowest BCUT2D eigenvalue weighted by Crippen LogP contribution is -2.60. The molecule has 1 aromatic rings. The third kappa shape index (κ3) is 3.49. The first kappa shape index (κ1) is 16.5. The topological polar surface area (TPSA) is 62.3 Å². The molecule has 21 heavy (non-hydrogen) atoms. The summed E-state index contributed by atoms with van der Waals surface area (Å²) >= 11 is 6.26. The number of nitrogens with one attached hydrogen (secondary N) is 1. The van der Waals surface area contributed by atoms with Gasteiger partial charge in [-0.3, -0.25) is 0 Å². The third-order valence-electron chi connectivity index (χ3n) is 4.25. The van der Waals surface area contributed by atoms with Crippen molar-refractivity contribution in [2.75, 3.05) is 30.8 Å². The molecule has 118 valence electrons. The van der Waals surface area contributed by atoms with Gasteiger partial charge in [0, 0.05) is 37.6 Å². The van der Waals surface area contributed by atoms with Gasteiger partial charge in [-0.2, -0.15) is 0 Å². The Hall–Kier alpha value is -0.850. The maximum Gasteiger partial charge on any atom is 0.177 e. The minimum atomic E-state index is -3.28. The van der Waals surface area contributed by atoms with Gasteiger partial charge in [0.15, 0.2) is 9.84 Å². The molecule has 0 aliphatic carbocycles. The van der Waals surface area contributed by atoms with E-state index >= 15 is 0 Å². The summed E-state index contributed by atoms with van der Waals surface area (Å²) in [4.78, 5) is 6.58. The number of piperazine rings is 1. The number of aromatic nitrogens is 1. The van der Waals surface area contributed by atoms with Crippen LogP contribution in [-0.4, -0.2) is 44.8 Å². The maximum absolute atomic E-state index is 11.5. The van der Waals surface area contributed by atoms with Crippen molar-refractivity contribution in [2.24, 2.45) is 0 Å². The molecule has 1 fully saturated rings. The first-order chi connectivity index (χ1) is 9.81. The zero-order valence-corrected chi connectivity index (χ0v) is 14.3. The van der Waals surface area contributed by atoms with Gasteiger partial charge in [0.2, 0.25) is 0 Å². The molecule has 7 heteroatoms. The van der Waals surface area contributed by atoms with Crippen LogP contribution in [0.2, 0.25) is 5.02 Å². The summed E-state index contributed by atoms with van der Waals surface area (Å²) in [6.07, 6.45) is 4.60. The van der Waals surface area contributed by atoms with E-state index < -0.39 is 9.84 Å². The Morgan fingerprint density at radius 2 is 2.10 bits per heavy atom. The molecule has 0 atom stereocenters. The van der Waals surface area contributed by atoms with Crippen molar-refractivity contribution in [1.29, 1.82) is 0 Å². The Morgan fingerprint density at radius 1 is 1.43 bits per heavy atom. The number of sulfone groups is 1. The second-order valence-corrected chi connectivity index (χ2v) is 8.01. The zero-order valence-electron chi connectivity index (χ0n) is 12.7. The van der Waals surface area contributed by atoms with Crippen LogP contribution < -0.4 is 10.2 Å². The first-order valence-electron chi connectivity index (χ1n) is 7.17. The van der Waals surface area contributed by atoms with Crippen molar-refractivity contribution in [3.05, 3.63) is 17.3 Å². The van der Waals surface area contributed by atoms with Crippen LogP contribution in [0.3, 0.4) is 0 Å². The Morgan fingerprint density at radius 3 is 2.62 bits per heavy atom. The molecule has 1 aromatic heterocycles. The van der Waals surface area contributed by atoms with Gasteiger partial charge < -0.3 is 10.2 Å². The number of nitrogens with zero attached hydrogens (tertiary/aromatic N) is 2. The number of halogens is 1. The number of hydrogen-bond donors (Lipinski definition) is 1. The molecule has 0 aromatic carbocycles. The summed E-state index contributed by atoms with van der Waals surface area (Å²) in [5.74, 6) is 0.664. The zero-order chi connectivity index (χ0) is 15.7. The first-order valence-corrected chi connectivity index (χ1v) is 9.44. The molecule has 0 spiro atoms. The van der Waals surface area contributed by atoms with Crippen LogP contribution in [0.15, 0.2) is 17.2 Å². The van der Waals surface area contributed by atoms with Crippen LogP contribution >= 0.6 is 11.6 Å². The SMILES string of the molecule is CCC1(CC)CN(c2ncc(S(C)(=O)=O)cc2Cl)CCN1. The average molecular weight is 332 g/mol. The van der Waals surface area contributed by atoms with Gasteiger partial charge in [0.1, 0.15) is 5.82 Å². The monoisotopic (exact) mass is 331 g/mol. The molecule has 0 bridgehead atoms. The molecule has 5 nitrogen and oxygen atoms in total. The van der Waals surface area contributed by atoms with Crippen molar-refractivity contribution < 1.29 is 8.42 Å². The number of anilines is 1. The van der Waals surface area contributed by atoms with E-state index in [9.17, 15) is 8.42 Å². The molecule has 1 aliphatic rings. The summed E-state index contributed by atoms with van der Waals surface area (Å²) in [6, 6.07) is 1.49. The highest BCUT2D eigenvalue weighted by Gasteiger charge is 2.33. The molecule has 0 radical (unpaired) electrons. The van der Waals surface area contributed by atoms with Crippen molar-refractivity contribution in [3.63, 3.8) is 0 Å². The smallest absolute Gasteiger partial charge is 0.177 e. The number of rotatable bonds is 4. The Bertz CT molecular complexity index is 615. The average Bonchev–Trinajstić information content (AvgIpc) is 2.46. The molecule has 1 saturated heterocycles. The Labute approximate surface area is 131 Å². The van der Waals surface area contributed by atoms with Gasteiger partial charge in [-0.05, 0) is 18.9 Å². The largest absolute Gasteiger partial charge is 0.352 e. The standard InChI is InChI=1S/C14H22ClN3O2S/c1-4-14(5-2)10-18(7-6-17-14)13-12(15)8-11(9-16-13)21(3,19)20/h8-9,17H,4-7,10H2,1-3H3. The number of pyridine rings is 1. The predicted molar refractivity (Wildman–Crippen MR) is 85.9 cm³/mol. The summed E-state index contributed by atoms with van der Waals surface area (Å²) < 4.78 is 23.1. The van der Waals surface area contributed by atoms with Crippen LogP contribution in [0.25, 0.3) is 0 Å². The van der Waals surface area contributed by atoms with Crippen molar-refractivity contribution in [1.82, 2.24) is 10.3 Å². The summed E-state index contributed by atoms with van der Waals surface area (Å²) in [7, 11) is -3.28. The van der Waals surface area contributed by atoms with Crippen molar-refractivity contribution in [3.8, 4) is 0 Å². The second kappa shape index (κ2) is 6.10. The van der Waals surface area contributed by atoms with E-state index in [1.54, 1.807) is 0 Å². The van der Waals surface area contributed by atoms with Crippen LogP contribution in [-0.2, 0) is 9.84 Å². The molecule has 2 heterocycles. The van der Waals surface area contributed by atoms with Crippen molar-refractivity contribution in [2.45, 2.75) is 37.1 Å². The molecule has 0 saturated carbocycles. The highest BCUT2D eigenvalue weighted by atomic mass is 35.5. The lowest BCUT2D eigenvalue weighted by molar-refractivity contribution is 0.276. The van der Waals surface area contributed by atoms with Crippen LogP contribution in [0, 0.1) is 0 Å². The fourth-order valence-corrected chi connectivity index (χ4v) is 3.64. The lowest BCUT2D eigenvalue weighted by Gasteiger charge is -2.43.